The number of nitrogens with two attached hydrogens (primary N) is 1. The molecule has 1 aromatic carbocycles. The van der Waals surface area contributed by atoms with Gasteiger partial charge in [-0.1, -0.05) is 0 Å². The fraction of sp³-hybridized carbons (Fsp3) is 0.364. The van der Waals surface area contributed by atoms with Crippen LogP contribution in [0.1, 0.15) is 18.4 Å². The molecular weight excluding hydrogens is 254 g/mol. The Morgan fingerprint density at radius 3 is 2.67 bits per heavy atom. The molecule has 0 amide bonds. The molecule has 0 bridgehead atoms. The van der Waals surface area contributed by atoms with E-state index in [1.54, 1.807) is 0 Å². The van der Waals surface area contributed by atoms with Crippen LogP contribution >= 0.6 is 15.9 Å². The van der Waals surface area contributed by atoms with Crippen molar-refractivity contribution in [1.29, 1.82) is 5.41 Å². The number of nitrogen functional groups attached to an aromatic ring is 1. The Hall–Kier alpha value is -1.03. The van der Waals surface area contributed by atoms with Crippen LogP contribution < -0.4 is 10.6 Å². The minimum Gasteiger partial charge on any atom is -0.384 e. The second-order valence-electron chi connectivity index (χ2n) is 3.92. The van der Waals surface area contributed by atoms with Crippen LogP contribution in [-0.2, 0) is 0 Å². The summed E-state index contributed by atoms with van der Waals surface area (Å²) >= 11 is 3.52. The molecule has 0 heterocycles. The van der Waals surface area contributed by atoms with E-state index in [2.05, 4.69) is 27.9 Å². The van der Waals surface area contributed by atoms with Crippen LogP contribution in [0.4, 0.5) is 5.69 Å². The lowest BCUT2D eigenvalue weighted by molar-refractivity contribution is 0.914. The SMILES string of the molecule is CN(c1ccc(C(=N)N)cc1Br)C1CC1. The monoisotopic (exact) mass is 267 g/mol. The lowest BCUT2D eigenvalue weighted by atomic mass is 10.2. The minimum atomic E-state index is 0.108. The quantitative estimate of drug-likeness (QED) is 0.653. The first-order valence-corrected chi connectivity index (χ1v) is 5.75. The highest BCUT2D eigenvalue weighted by Crippen LogP contribution is 2.34. The summed E-state index contributed by atoms with van der Waals surface area (Å²) in [6.45, 7) is 0. The van der Waals surface area contributed by atoms with E-state index in [-0.39, 0.29) is 5.84 Å². The van der Waals surface area contributed by atoms with Crippen molar-refractivity contribution in [2.75, 3.05) is 11.9 Å². The van der Waals surface area contributed by atoms with Crippen LogP contribution in [-0.4, -0.2) is 18.9 Å². The van der Waals surface area contributed by atoms with Gasteiger partial charge in [0.05, 0.1) is 5.69 Å². The molecule has 0 radical (unpaired) electrons. The van der Waals surface area contributed by atoms with Crippen LogP contribution in [0.3, 0.4) is 0 Å². The van der Waals surface area contributed by atoms with Gasteiger partial charge < -0.3 is 10.6 Å². The molecule has 1 aliphatic rings. The van der Waals surface area contributed by atoms with Gasteiger partial charge in [-0.05, 0) is 47.0 Å². The number of benzene rings is 1. The number of hydrogen-bond acceptors (Lipinski definition) is 2. The zero-order chi connectivity index (χ0) is 11.0. The van der Waals surface area contributed by atoms with Gasteiger partial charge in [-0.3, -0.25) is 5.41 Å². The summed E-state index contributed by atoms with van der Waals surface area (Å²) in [6.07, 6.45) is 2.55. The van der Waals surface area contributed by atoms with E-state index in [4.69, 9.17) is 11.1 Å². The maximum Gasteiger partial charge on any atom is 0.122 e. The third-order valence-corrected chi connectivity index (χ3v) is 3.37. The van der Waals surface area contributed by atoms with E-state index in [0.29, 0.717) is 6.04 Å². The van der Waals surface area contributed by atoms with Gasteiger partial charge in [-0.2, -0.15) is 0 Å². The summed E-state index contributed by atoms with van der Waals surface area (Å²) < 4.78 is 1.00. The van der Waals surface area contributed by atoms with Crippen LogP contribution in [0, 0.1) is 5.41 Å². The molecule has 1 saturated carbocycles. The first kappa shape index (κ1) is 10.5. The molecule has 0 atom stereocenters. The standard InChI is InChI=1S/C11H14BrN3/c1-15(8-3-4-8)10-5-2-7(11(13)14)6-9(10)12/h2,5-6,8H,3-4H2,1H3,(H3,13,14). The number of rotatable bonds is 3. The lowest BCUT2D eigenvalue weighted by Gasteiger charge is -2.20. The number of anilines is 1. The molecule has 2 rings (SSSR count). The van der Waals surface area contributed by atoms with Crippen LogP contribution in [0.25, 0.3) is 0 Å². The highest BCUT2D eigenvalue weighted by Gasteiger charge is 2.27. The molecule has 4 heteroatoms. The van der Waals surface area contributed by atoms with Crippen molar-refractivity contribution in [3.05, 3.63) is 28.2 Å². The van der Waals surface area contributed by atoms with Crippen molar-refractivity contribution < 1.29 is 0 Å². The molecule has 0 aliphatic heterocycles. The van der Waals surface area contributed by atoms with Crippen LogP contribution in [0.5, 0.6) is 0 Å². The Kier molecular flexibility index (Phi) is 2.69. The van der Waals surface area contributed by atoms with Gasteiger partial charge in [0.15, 0.2) is 0 Å². The molecule has 0 unspecified atom stereocenters. The van der Waals surface area contributed by atoms with E-state index < -0.39 is 0 Å². The molecule has 3 nitrogen and oxygen atoms in total. The Morgan fingerprint density at radius 2 is 2.20 bits per heavy atom. The highest BCUT2D eigenvalue weighted by molar-refractivity contribution is 9.10. The molecule has 1 aliphatic carbocycles. The topological polar surface area (TPSA) is 53.1 Å². The van der Waals surface area contributed by atoms with Crippen molar-refractivity contribution in [2.45, 2.75) is 18.9 Å². The van der Waals surface area contributed by atoms with Gasteiger partial charge in [0.2, 0.25) is 0 Å². The highest BCUT2D eigenvalue weighted by atomic mass is 79.9. The van der Waals surface area contributed by atoms with E-state index in [9.17, 15) is 0 Å². The van der Waals surface area contributed by atoms with Gasteiger partial charge in [-0.15, -0.1) is 0 Å². The van der Waals surface area contributed by atoms with Crippen molar-refractivity contribution in [3.8, 4) is 0 Å². The van der Waals surface area contributed by atoms with Crippen LogP contribution in [0.2, 0.25) is 0 Å². The molecule has 1 fully saturated rings. The van der Waals surface area contributed by atoms with Gasteiger partial charge >= 0.3 is 0 Å². The Labute approximate surface area is 97.9 Å². The zero-order valence-corrected chi connectivity index (χ0v) is 10.2. The maximum absolute atomic E-state index is 7.35. The summed E-state index contributed by atoms with van der Waals surface area (Å²) in [5.41, 5.74) is 7.36. The first-order valence-electron chi connectivity index (χ1n) is 4.96. The average Bonchev–Trinajstić information content (AvgIpc) is 2.99. The van der Waals surface area contributed by atoms with Crippen molar-refractivity contribution in [3.63, 3.8) is 0 Å². The number of halogens is 1. The molecule has 0 spiro atoms. The van der Waals surface area contributed by atoms with Gasteiger partial charge in [0.25, 0.3) is 0 Å². The Morgan fingerprint density at radius 1 is 1.53 bits per heavy atom. The fourth-order valence-electron chi connectivity index (χ4n) is 1.62. The maximum atomic E-state index is 7.35. The molecule has 0 aromatic heterocycles. The lowest BCUT2D eigenvalue weighted by Crippen LogP contribution is -2.20. The fourth-order valence-corrected chi connectivity index (χ4v) is 2.28. The smallest absolute Gasteiger partial charge is 0.122 e. The predicted molar refractivity (Wildman–Crippen MR) is 66.6 cm³/mol. The number of nitrogens with zero attached hydrogens (tertiary/aromatic N) is 1. The number of nitrogens with one attached hydrogen (secondary N) is 1. The van der Waals surface area contributed by atoms with E-state index >= 15 is 0 Å². The molecule has 3 N–H and O–H groups in total. The van der Waals surface area contributed by atoms with E-state index in [1.807, 2.05) is 18.2 Å². The molecule has 80 valence electrons. The number of hydrogen-bond donors (Lipinski definition) is 2. The first-order chi connectivity index (χ1) is 7.09. The van der Waals surface area contributed by atoms with Gasteiger partial charge in [0.1, 0.15) is 5.84 Å². The summed E-state index contributed by atoms with van der Waals surface area (Å²) in [6, 6.07) is 6.49. The average molecular weight is 268 g/mol. The molecule has 1 aromatic rings. The largest absolute Gasteiger partial charge is 0.384 e. The zero-order valence-electron chi connectivity index (χ0n) is 8.63. The second-order valence-corrected chi connectivity index (χ2v) is 4.78. The van der Waals surface area contributed by atoms with Gasteiger partial charge in [0, 0.05) is 23.1 Å². The van der Waals surface area contributed by atoms with Crippen molar-refractivity contribution in [1.82, 2.24) is 0 Å². The summed E-state index contributed by atoms with van der Waals surface area (Å²) in [4.78, 5) is 2.27. The molecular formula is C11H14BrN3. The molecule has 0 saturated heterocycles. The third-order valence-electron chi connectivity index (χ3n) is 2.73. The van der Waals surface area contributed by atoms with Gasteiger partial charge in [-0.25, -0.2) is 0 Å². The Balaban J connectivity index is 2.29. The predicted octanol–water partition coefficient (Wildman–Crippen LogP) is 2.33. The van der Waals surface area contributed by atoms with E-state index in [0.717, 1.165) is 10.0 Å². The number of amidine groups is 1. The molecule has 15 heavy (non-hydrogen) atoms. The third kappa shape index (κ3) is 2.15. The minimum absolute atomic E-state index is 0.108. The summed E-state index contributed by atoms with van der Waals surface area (Å²) in [5.74, 6) is 0.108. The van der Waals surface area contributed by atoms with Crippen molar-refractivity contribution >= 4 is 27.5 Å². The second kappa shape index (κ2) is 3.85. The summed E-state index contributed by atoms with van der Waals surface area (Å²) in [7, 11) is 2.10. The summed E-state index contributed by atoms with van der Waals surface area (Å²) in [5, 5.41) is 7.35. The normalized spacial score (nSPS) is 15.1. The van der Waals surface area contributed by atoms with Crippen molar-refractivity contribution in [2.24, 2.45) is 5.73 Å². The van der Waals surface area contributed by atoms with E-state index in [1.165, 1.54) is 18.5 Å². The Bertz CT molecular complexity index is 399. The van der Waals surface area contributed by atoms with Crippen LogP contribution in [0.15, 0.2) is 22.7 Å².